The second-order valence-electron chi connectivity index (χ2n) is 6.31. The lowest BCUT2D eigenvalue weighted by Gasteiger charge is -2.14. The first-order valence-corrected chi connectivity index (χ1v) is 8.89. The summed E-state index contributed by atoms with van der Waals surface area (Å²) >= 11 is 0. The number of phenolic OH excluding ortho intramolecular Hbond substituents is 1. The Morgan fingerprint density at radius 2 is 1.93 bits per heavy atom. The van der Waals surface area contributed by atoms with Crippen molar-refractivity contribution in [3.8, 4) is 11.8 Å². The highest BCUT2D eigenvalue weighted by Gasteiger charge is 2.19. The summed E-state index contributed by atoms with van der Waals surface area (Å²) in [7, 11) is 0. The number of aromatic hydroxyl groups is 1. The Labute approximate surface area is 168 Å². The summed E-state index contributed by atoms with van der Waals surface area (Å²) in [5.74, 6) is -1.91. The van der Waals surface area contributed by atoms with Crippen LogP contribution in [0.1, 0.15) is 34.8 Å². The minimum absolute atomic E-state index is 0.0173. The Morgan fingerprint density at radius 3 is 2.62 bits per heavy atom. The number of nitrogens with one attached hydrogen (secondary N) is 2. The van der Waals surface area contributed by atoms with Crippen LogP contribution in [0.2, 0.25) is 0 Å². The molecule has 0 saturated heterocycles. The molecule has 0 heterocycles. The normalized spacial score (nSPS) is 11.1. The standard InChI is InChI=1S/C21H21N3O5/c1-13-7-8-16(18(25)11-13)21(28)23-10-9-19(26)29-14(2)20(27)24-17-6-4-3-5-15(17)12-22/h3-8,11,14,25H,9-10H2,1-2H3,(H,23,28)(H,24,27)/t14-/m0/s1. The molecule has 0 aromatic heterocycles. The zero-order valence-corrected chi connectivity index (χ0v) is 16.1. The van der Waals surface area contributed by atoms with Crippen LogP contribution in [0.25, 0.3) is 0 Å². The van der Waals surface area contributed by atoms with E-state index in [0.717, 1.165) is 5.56 Å². The predicted octanol–water partition coefficient (Wildman–Crippen LogP) is 2.26. The van der Waals surface area contributed by atoms with Crippen molar-refractivity contribution in [1.29, 1.82) is 5.26 Å². The molecular weight excluding hydrogens is 374 g/mol. The van der Waals surface area contributed by atoms with Gasteiger partial charge >= 0.3 is 5.97 Å². The number of carbonyl (C=O) groups is 3. The Bertz CT molecular complexity index is 965. The fraction of sp³-hybridized carbons (Fsp3) is 0.238. The molecular formula is C21H21N3O5. The van der Waals surface area contributed by atoms with Crippen molar-refractivity contribution in [1.82, 2.24) is 5.32 Å². The lowest BCUT2D eigenvalue weighted by atomic mass is 10.1. The van der Waals surface area contributed by atoms with E-state index in [4.69, 9.17) is 10.00 Å². The van der Waals surface area contributed by atoms with Gasteiger partial charge in [0.25, 0.3) is 11.8 Å². The van der Waals surface area contributed by atoms with Gasteiger partial charge in [0.1, 0.15) is 11.8 Å². The number of rotatable bonds is 7. The number of hydrogen-bond donors (Lipinski definition) is 3. The number of nitriles is 1. The molecule has 3 N–H and O–H groups in total. The highest BCUT2D eigenvalue weighted by molar-refractivity contribution is 5.97. The Morgan fingerprint density at radius 1 is 1.21 bits per heavy atom. The quantitative estimate of drug-likeness (QED) is 0.617. The van der Waals surface area contributed by atoms with Crippen LogP contribution in [0.3, 0.4) is 0 Å². The average molecular weight is 395 g/mol. The van der Waals surface area contributed by atoms with Crippen LogP contribution in [-0.2, 0) is 14.3 Å². The molecule has 0 spiro atoms. The molecule has 8 nitrogen and oxygen atoms in total. The van der Waals surface area contributed by atoms with Crippen molar-refractivity contribution < 1.29 is 24.2 Å². The maximum Gasteiger partial charge on any atom is 0.308 e. The van der Waals surface area contributed by atoms with E-state index in [0.29, 0.717) is 11.3 Å². The monoisotopic (exact) mass is 395 g/mol. The van der Waals surface area contributed by atoms with Crippen molar-refractivity contribution >= 4 is 23.5 Å². The average Bonchev–Trinajstić information content (AvgIpc) is 2.68. The van der Waals surface area contributed by atoms with Crippen molar-refractivity contribution in [2.45, 2.75) is 26.4 Å². The predicted molar refractivity (Wildman–Crippen MR) is 105 cm³/mol. The number of amides is 2. The van der Waals surface area contributed by atoms with Crippen molar-refractivity contribution in [3.05, 3.63) is 59.2 Å². The summed E-state index contributed by atoms with van der Waals surface area (Å²) in [5, 5.41) is 23.9. The number of anilines is 1. The van der Waals surface area contributed by atoms with E-state index in [1.165, 1.54) is 19.1 Å². The van der Waals surface area contributed by atoms with Crippen molar-refractivity contribution in [2.24, 2.45) is 0 Å². The number of hydrogen-bond acceptors (Lipinski definition) is 6. The molecule has 0 unspecified atom stereocenters. The van der Waals surface area contributed by atoms with Gasteiger partial charge in [0.05, 0.1) is 23.2 Å². The lowest BCUT2D eigenvalue weighted by Crippen LogP contribution is -2.32. The third-order valence-electron chi connectivity index (χ3n) is 4.00. The summed E-state index contributed by atoms with van der Waals surface area (Å²) in [5.41, 5.74) is 1.54. The van der Waals surface area contributed by atoms with Crippen LogP contribution in [0.5, 0.6) is 5.75 Å². The number of para-hydroxylation sites is 1. The molecule has 0 radical (unpaired) electrons. The first kappa shape index (κ1) is 21.4. The second-order valence-corrected chi connectivity index (χ2v) is 6.31. The van der Waals surface area contributed by atoms with Crippen molar-refractivity contribution in [3.63, 3.8) is 0 Å². The Kier molecular flexibility index (Phi) is 7.32. The molecule has 2 amide bonds. The number of carbonyl (C=O) groups excluding carboxylic acids is 3. The number of aryl methyl sites for hydroxylation is 1. The molecule has 0 aliphatic heterocycles. The third-order valence-corrected chi connectivity index (χ3v) is 4.00. The zero-order chi connectivity index (χ0) is 21.4. The van der Waals surface area contributed by atoms with Gasteiger partial charge < -0.3 is 20.5 Å². The zero-order valence-electron chi connectivity index (χ0n) is 16.1. The Hall–Kier alpha value is -3.86. The van der Waals surface area contributed by atoms with Gasteiger partial charge in [-0.3, -0.25) is 14.4 Å². The van der Waals surface area contributed by atoms with Crippen LogP contribution in [0, 0.1) is 18.3 Å². The largest absolute Gasteiger partial charge is 0.507 e. The van der Waals surface area contributed by atoms with E-state index in [1.54, 1.807) is 37.3 Å². The SMILES string of the molecule is Cc1ccc(C(=O)NCCC(=O)O[C@@H](C)C(=O)Nc2ccccc2C#N)c(O)c1. The molecule has 1 atom stereocenters. The summed E-state index contributed by atoms with van der Waals surface area (Å²) < 4.78 is 5.05. The van der Waals surface area contributed by atoms with Gasteiger partial charge in [-0.05, 0) is 43.7 Å². The number of esters is 1. The first-order valence-electron chi connectivity index (χ1n) is 8.89. The van der Waals surface area contributed by atoms with Crippen LogP contribution in [0.15, 0.2) is 42.5 Å². The maximum absolute atomic E-state index is 12.2. The third kappa shape index (κ3) is 6.07. The van der Waals surface area contributed by atoms with Crippen LogP contribution in [0.4, 0.5) is 5.69 Å². The molecule has 2 rings (SSSR count). The molecule has 0 aliphatic rings. The van der Waals surface area contributed by atoms with E-state index < -0.39 is 23.9 Å². The highest BCUT2D eigenvalue weighted by Crippen LogP contribution is 2.18. The van der Waals surface area contributed by atoms with Gasteiger partial charge in [-0.1, -0.05) is 18.2 Å². The molecule has 29 heavy (non-hydrogen) atoms. The van der Waals surface area contributed by atoms with E-state index in [1.807, 2.05) is 6.07 Å². The van der Waals surface area contributed by atoms with E-state index >= 15 is 0 Å². The summed E-state index contributed by atoms with van der Waals surface area (Å²) in [6.45, 7) is 3.18. The van der Waals surface area contributed by atoms with E-state index in [2.05, 4.69) is 10.6 Å². The molecule has 0 bridgehead atoms. The van der Waals surface area contributed by atoms with Crippen molar-refractivity contribution in [2.75, 3.05) is 11.9 Å². The minimum Gasteiger partial charge on any atom is -0.507 e. The van der Waals surface area contributed by atoms with Gasteiger partial charge in [-0.2, -0.15) is 5.26 Å². The lowest BCUT2D eigenvalue weighted by molar-refractivity contribution is -0.153. The topological polar surface area (TPSA) is 129 Å². The van der Waals surface area contributed by atoms with Crippen LogP contribution in [-0.4, -0.2) is 35.5 Å². The van der Waals surface area contributed by atoms with Gasteiger partial charge in [0, 0.05) is 6.54 Å². The molecule has 150 valence electrons. The van der Waals surface area contributed by atoms with Gasteiger partial charge in [-0.15, -0.1) is 0 Å². The van der Waals surface area contributed by atoms with Crippen LogP contribution < -0.4 is 10.6 Å². The number of ether oxygens (including phenoxy) is 1. The fourth-order valence-electron chi connectivity index (χ4n) is 2.44. The maximum atomic E-state index is 12.2. The number of benzene rings is 2. The molecule has 2 aromatic carbocycles. The molecule has 8 heteroatoms. The van der Waals surface area contributed by atoms with Gasteiger partial charge in [0.2, 0.25) is 0 Å². The first-order chi connectivity index (χ1) is 13.8. The molecule has 2 aromatic rings. The van der Waals surface area contributed by atoms with Crippen LogP contribution >= 0.6 is 0 Å². The molecule has 0 aliphatic carbocycles. The highest BCUT2D eigenvalue weighted by atomic mass is 16.5. The summed E-state index contributed by atoms with van der Waals surface area (Å²) in [6.07, 6.45) is -1.23. The fourth-order valence-corrected chi connectivity index (χ4v) is 2.44. The van der Waals surface area contributed by atoms with Gasteiger partial charge in [-0.25, -0.2) is 0 Å². The Balaban J connectivity index is 1.80. The molecule has 0 saturated carbocycles. The molecule has 0 fully saturated rings. The summed E-state index contributed by atoms with van der Waals surface area (Å²) in [4.78, 5) is 36.1. The number of phenols is 1. The van der Waals surface area contributed by atoms with E-state index in [9.17, 15) is 19.5 Å². The van der Waals surface area contributed by atoms with E-state index in [-0.39, 0.29) is 24.3 Å². The number of nitrogens with zero attached hydrogens (tertiary/aromatic N) is 1. The van der Waals surface area contributed by atoms with Gasteiger partial charge in [0.15, 0.2) is 6.10 Å². The second kappa shape index (κ2) is 9.90. The summed E-state index contributed by atoms with van der Waals surface area (Å²) in [6, 6.07) is 13.1. The smallest absolute Gasteiger partial charge is 0.308 e. The minimum atomic E-state index is -1.08.